The van der Waals surface area contributed by atoms with Gasteiger partial charge in [-0.15, -0.1) is 0 Å². The lowest BCUT2D eigenvalue weighted by atomic mass is 10.1. The average molecular weight is 492 g/mol. The Morgan fingerprint density at radius 3 is 2.34 bits per heavy atom. The van der Waals surface area contributed by atoms with E-state index in [0.29, 0.717) is 45.8 Å². The summed E-state index contributed by atoms with van der Waals surface area (Å²) in [6, 6.07) is 13.0. The molecule has 0 fully saturated rings. The van der Waals surface area contributed by atoms with E-state index in [2.05, 4.69) is 5.10 Å². The van der Waals surface area contributed by atoms with Gasteiger partial charge >= 0.3 is 0 Å². The molecule has 1 aromatic heterocycles. The van der Waals surface area contributed by atoms with Crippen LogP contribution in [0.2, 0.25) is 10.2 Å². The highest BCUT2D eigenvalue weighted by molar-refractivity contribution is 7.89. The molecule has 0 aliphatic heterocycles. The number of hydrogen-bond acceptors (Lipinski definition) is 4. The van der Waals surface area contributed by atoms with Crippen LogP contribution in [-0.2, 0) is 10.0 Å². The van der Waals surface area contributed by atoms with Crippen LogP contribution in [0.25, 0.3) is 11.8 Å². The molecule has 32 heavy (non-hydrogen) atoms. The first kappa shape index (κ1) is 24.2. The fraction of sp³-hybridized carbons (Fsp3) is 0.217. The number of aryl methyl sites for hydroxylation is 1. The van der Waals surface area contributed by atoms with Gasteiger partial charge in [0.25, 0.3) is 0 Å². The lowest BCUT2D eigenvalue weighted by Gasteiger charge is -2.18. The van der Waals surface area contributed by atoms with E-state index in [4.69, 9.17) is 23.2 Å². The number of nitrogens with zero attached hydrogens (tertiary/aromatic N) is 3. The number of rotatable bonds is 8. The standard InChI is InChI=1S/C23H23Cl2N3O3S/c1-4-27(5-2)32(30,31)20-11-9-17(10-12-20)22(29)14-13-21-16(3)26-28(23(21)25)19-8-6-7-18(24)15-19/h6-15H,4-5H2,1-3H3. The molecule has 0 atom stereocenters. The number of aromatic nitrogens is 2. The first-order chi connectivity index (χ1) is 15.2. The van der Waals surface area contributed by atoms with E-state index < -0.39 is 10.0 Å². The Morgan fingerprint density at radius 2 is 1.75 bits per heavy atom. The van der Waals surface area contributed by atoms with Crippen molar-refractivity contribution in [3.05, 3.63) is 81.6 Å². The molecule has 3 rings (SSSR count). The lowest BCUT2D eigenvalue weighted by molar-refractivity contribution is 0.104. The summed E-state index contributed by atoms with van der Waals surface area (Å²) in [4.78, 5) is 12.8. The molecule has 0 saturated carbocycles. The van der Waals surface area contributed by atoms with Crippen molar-refractivity contribution in [2.24, 2.45) is 0 Å². The summed E-state index contributed by atoms with van der Waals surface area (Å²) in [6.07, 6.45) is 3.00. The predicted octanol–water partition coefficient (Wildman–Crippen LogP) is 5.41. The first-order valence-corrected chi connectivity index (χ1v) is 12.2. The number of allylic oxidation sites excluding steroid dienone is 1. The van der Waals surface area contributed by atoms with Crippen molar-refractivity contribution in [2.75, 3.05) is 13.1 Å². The van der Waals surface area contributed by atoms with E-state index in [1.165, 1.54) is 34.6 Å². The van der Waals surface area contributed by atoms with Crippen molar-refractivity contribution in [3.8, 4) is 5.69 Å². The normalized spacial score (nSPS) is 12.1. The molecule has 168 valence electrons. The Hall–Kier alpha value is -2.45. The van der Waals surface area contributed by atoms with Crippen LogP contribution in [0.1, 0.15) is 35.5 Å². The van der Waals surface area contributed by atoms with Gasteiger partial charge in [0.05, 0.1) is 16.3 Å². The van der Waals surface area contributed by atoms with Crippen LogP contribution in [0.15, 0.2) is 59.5 Å². The number of hydrogen-bond donors (Lipinski definition) is 0. The summed E-state index contributed by atoms with van der Waals surface area (Å²) in [5, 5.41) is 5.35. The molecule has 0 radical (unpaired) electrons. The molecule has 0 N–H and O–H groups in total. The molecule has 6 nitrogen and oxygen atoms in total. The third-order valence-corrected chi connectivity index (χ3v) is 7.65. The van der Waals surface area contributed by atoms with E-state index in [1.54, 1.807) is 49.7 Å². The molecule has 1 heterocycles. The van der Waals surface area contributed by atoms with Crippen LogP contribution in [0.4, 0.5) is 0 Å². The van der Waals surface area contributed by atoms with Crippen molar-refractivity contribution in [2.45, 2.75) is 25.7 Å². The van der Waals surface area contributed by atoms with Crippen LogP contribution in [0, 0.1) is 6.92 Å². The molecule has 9 heteroatoms. The van der Waals surface area contributed by atoms with Crippen LogP contribution < -0.4 is 0 Å². The van der Waals surface area contributed by atoms with Gasteiger partial charge in [-0.1, -0.05) is 43.1 Å². The molecule has 0 aliphatic rings. The minimum absolute atomic E-state index is 0.156. The van der Waals surface area contributed by atoms with Gasteiger partial charge in [0.15, 0.2) is 5.78 Å². The van der Waals surface area contributed by atoms with Gasteiger partial charge < -0.3 is 0 Å². The Balaban J connectivity index is 1.83. The second-order valence-corrected chi connectivity index (χ2v) is 9.73. The highest BCUT2D eigenvalue weighted by Crippen LogP contribution is 2.26. The van der Waals surface area contributed by atoms with Crippen LogP contribution in [-0.4, -0.2) is 41.4 Å². The number of carbonyl (C=O) groups is 1. The predicted molar refractivity (Wildman–Crippen MR) is 128 cm³/mol. The SMILES string of the molecule is CCN(CC)S(=O)(=O)c1ccc(C(=O)C=Cc2c(C)nn(-c3cccc(Cl)c3)c2Cl)cc1. The van der Waals surface area contributed by atoms with E-state index in [9.17, 15) is 13.2 Å². The van der Waals surface area contributed by atoms with E-state index in [1.807, 2.05) is 6.07 Å². The van der Waals surface area contributed by atoms with Gasteiger partial charge in [0, 0.05) is 29.2 Å². The summed E-state index contributed by atoms with van der Waals surface area (Å²) in [6.45, 7) is 6.12. The van der Waals surface area contributed by atoms with Gasteiger partial charge in [-0.25, -0.2) is 13.1 Å². The molecule has 2 aromatic carbocycles. The Morgan fingerprint density at radius 1 is 1.09 bits per heavy atom. The number of halogens is 2. The molecule has 0 bridgehead atoms. The summed E-state index contributed by atoms with van der Waals surface area (Å²) in [5.74, 6) is -0.275. The Kier molecular flexibility index (Phi) is 7.56. The molecule has 3 aromatic rings. The molecular weight excluding hydrogens is 469 g/mol. The fourth-order valence-electron chi connectivity index (χ4n) is 3.24. The van der Waals surface area contributed by atoms with E-state index >= 15 is 0 Å². The monoisotopic (exact) mass is 491 g/mol. The maximum absolute atomic E-state index is 12.6. The molecular formula is C23H23Cl2N3O3S. The quantitative estimate of drug-likeness (QED) is 0.311. The summed E-state index contributed by atoms with van der Waals surface area (Å²) in [5.41, 5.74) is 2.35. The van der Waals surface area contributed by atoms with Crippen LogP contribution in [0.3, 0.4) is 0 Å². The molecule has 0 unspecified atom stereocenters. The Bertz CT molecular complexity index is 1260. The van der Waals surface area contributed by atoms with Crippen LogP contribution in [0.5, 0.6) is 0 Å². The number of sulfonamides is 1. The van der Waals surface area contributed by atoms with E-state index in [-0.39, 0.29) is 10.7 Å². The molecule has 0 aliphatic carbocycles. The maximum Gasteiger partial charge on any atom is 0.243 e. The minimum Gasteiger partial charge on any atom is -0.289 e. The van der Waals surface area contributed by atoms with Gasteiger partial charge in [-0.2, -0.15) is 9.40 Å². The topological polar surface area (TPSA) is 72.3 Å². The smallest absolute Gasteiger partial charge is 0.243 e. The molecule has 0 amide bonds. The summed E-state index contributed by atoms with van der Waals surface area (Å²) >= 11 is 12.6. The third kappa shape index (κ3) is 4.96. The lowest BCUT2D eigenvalue weighted by Crippen LogP contribution is -2.30. The number of ketones is 1. The largest absolute Gasteiger partial charge is 0.289 e. The Labute approximate surface area is 198 Å². The zero-order chi connectivity index (χ0) is 23.5. The van der Waals surface area contributed by atoms with Crippen molar-refractivity contribution in [1.82, 2.24) is 14.1 Å². The summed E-state index contributed by atoms with van der Waals surface area (Å²) in [7, 11) is -3.57. The zero-order valence-electron chi connectivity index (χ0n) is 17.9. The molecule has 0 saturated heterocycles. The first-order valence-electron chi connectivity index (χ1n) is 10.0. The highest BCUT2D eigenvalue weighted by Gasteiger charge is 2.21. The van der Waals surface area contributed by atoms with Gasteiger partial charge in [-0.3, -0.25) is 4.79 Å². The number of carbonyl (C=O) groups excluding carboxylic acids is 1. The molecule has 0 spiro atoms. The van der Waals surface area contributed by atoms with Gasteiger partial charge in [-0.05, 0) is 61.5 Å². The number of benzene rings is 2. The zero-order valence-corrected chi connectivity index (χ0v) is 20.2. The maximum atomic E-state index is 12.6. The van der Waals surface area contributed by atoms with E-state index in [0.717, 1.165) is 0 Å². The van der Waals surface area contributed by atoms with Gasteiger partial charge in [0.2, 0.25) is 10.0 Å². The van der Waals surface area contributed by atoms with Crippen molar-refractivity contribution >= 4 is 45.1 Å². The highest BCUT2D eigenvalue weighted by atomic mass is 35.5. The average Bonchev–Trinajstić information content (AvgIpc) is 3.06. The van der Waals surface area contributed by atoms with Gasteiger partial charge in [0.1, 0.15) is 5.15 Å². The second-order valence-electron chi connectivity index (χ2n) is 6.99. The summed E-state index contributed by atoms with van der Waals surface area (Å²) < 4.78 is 28.1. The van der Waals surface area contributed by atoms with Crippen molar-refractivity contribution in [3.63, 3.8) is 0 Å². The third-order valence-electron chi connectivity index (χ3n) is 4.98. The van der Waals surface area contributed by atoms with Crippen molar-refractivity contribution < 1.29 is 13.2 Å². The second kappa shape index (κ2) is 10.0. The van der Waals surface area contributed by atoms with Crippen LogP contribution >= 0.6 is 23.2 Å². The minimum atomic E-state index is -3.57. The fourth-order valence-corrected chi connectivity index (χ4v) is 5.22. The van der Waals surface area contributed by atoms with Crippen molar-refractivity contribution in [1.29, 1.82) is 0 Å².